The van der Waals surface area contributed by atoms with Gasteiger partial charge in [0.1, 0.15) is 65.4 Å². The van der Waals surface area contributed by atoms with E-state index in [0.29, 0.717) is 232 Å². The number of benzene rings is 2. The van der Waals surface area contributed by atoms with Crippen molar-refractivity contribution in [1.82, 2.24) is 54.5 Å². The highest BCUT2D eigenvalue weighted by molar-refractivity contribution is 6.39. The Bertz CT molecular complexity index is 5410. The van der Waals surface area contributed by atoms with Gasteiger partial charge in [-0.25, -0.2) is 39.4 Å². The van der Waals surface area contributed by atoms with Crippen LogP contribution in [-0.4, -0.2) is 280 Å². The largest absolute Gasteiger partial charge is 0.460 e. The van der Waals surface area contributed by atoms with Gasteiger partial charge in [-0.2, -0.15) is 10.1 Å². The molecule has 5 aliphatic heterocycles. The van der Waals surface area contributed by atoms with E-state index >= 15 is 0 Å². The van der Waals surface area contributed by atoms with E-state index in [2.05, 4.69) is 56.8 Å². The molecule has 36 nitrogen and oxygen atoms in total. The number of oxazole rings is 1. The van der Waals surface area contributed by atoms with Crippen LogP contribution in [0, 0.1) is 35.5 Å². The number of ether oxygens (including phenoxy) is 10. The fourth-order valence-electron chi connectivity index (χ4n) is 19.1. The van der Waals surface area contributed by atoms with Gasteiger partial charge in [-0.3, -0.25) is 33.6 Å². The standard InChI is InChI=1S/C101H135N15O21/c1-62-17-12-11-13-18-63(2)83(127-8)53-77-28-21-68(7)101(126,137-77)92(122)96(124)115-33-15-14-19-79(115)97(125)135-84(54-80(118)64(3)48-67(6)90(121)91(129-10)89(120)66(5)47-62)65(4)49-69-24-29-82(85(51-69)128-9)134-86(119)20-16-39-130-41-43-132-45-46-133-44-42-131-40-32-76(117)27-23-71-55-104-99(105-56-71)112-35-37-113(38-36-112)100-106-57-75(58-107-100)95(123)114-34-31-72-50-70(22-25-74(72)60-114)59-116-94-87(93(102)108-61-109-94)88(111-116)73-26-30-81-78(52-73)110-98(103)136-81/h11-13,17-18,22,25-26,30,48,50,52,55-58,61-62,64-66,68-69,77,79,82-85,90-91,121,126H,14-16,19-21,23-24,27-29,31-47,49,51,53-54,59-60H2,1-10H3,(H2,103,110)(H2,102,108,109)/b13-11+,17-12+,63-18+,67-48+/t62-,64-,65-,66-,68-,69+,77+,79+,82-,83+,84+,85-,90-,91+,101-/m1/s1. The number of hydrogen-bond acceptors (Lipinski definition) is 33. The van der Waals surface area contributed by atoms with Gasteiger partial charge in [0.05, 0.1) is 82.1 Å². The first-order chi connectivity index (χ1) is 66.1. The molecule has 15 atom stereocenters. The molecule has 2 bridgehead atoms. The number of nitrogen functional groups attached to an aromatic ring is 2. The number of esters is 2. The maximum absolute atomic E-state index is 14.8. The fourth-order valence-corrected chi connectivity index (χ4v) is 19.1. The van der Waals surface area contributed by atoms with Crippen LogP contribution in [0.2, 0.25) is 0 Å². The second-order valence-electron chi connectivity index (χ2n) is 37.3. The van der Waals surface area contributed by atoms with Gasteiger partial charge in [0, 0.05) is 154 Å². The third-order valence-corrected chi connectivity index (χ3v) is 27.3. The number of piperidine rings is 1. The van der Waals surface area contributed by atoms with Crippen molar-refractivity contribution in [3.05, 3.63) is 143 Å². The zero-order valence-electron chi connectivity index (χ0n) is 80.6. The van der Waals surface area contributed by atoms with Crippen LogP contribution in [0.1, 0.15) is 184 Å². The number of nitrogens with two attached hydrogens (primary N) is 2. The maximum Gasteiger partial charge on any atom is 0.329 e. The predicted molar refractivity (Wildman–Crippen MR) is 509 cm³/mol. The SMILES string of the molecule is CO[C@H]1C[C@@H]2CC[C@@H](C)[C@@](O)(O2)C(=O)C(=O)N2CCCC[C@H]2C(=O)O[C@H]([C@H](C)C[C@@H]2CC[C@@H](OC(=O)CCCOCCOCCOCCOCCC(=O)CCc3cnc(N4CCN(c5ncc(C(=O)N6CCc7cc(Cn8nc(-c9ccc%10oc(N)nc%10c9)c9c(N)ncnc98)ccc7C6)cn5)CC4)nc3)[C@H](OC)C2)CC(=O)[C@H](C)/C=C(\C)[C@@H](O)[C@@H](OC)C(=O)[C@H](C)C[C@H](C)/C=C/C=C/C=C/1C. The van der Waals surface area contributed by atoms with E-state index in [9.17, 15) is 48.6 Å². The van der Waals surface area contributed by atoms with Crippen molar-refractivity contribution < 1.29 is 100 Å². The Labute approximate surface area is 799 Å². The molecule has 0 spiro atoms. The summed E-state index contributed by atoms with van der Waals surface area (Å²) in [6.07, 6.45) is 20.6. The normalized spacial score (nSPS) is 26.5. The number of ketones is 4. The van der Waals surface area contributed by atoms with Crippen LogP contribution in [0.5, 0.6) is 0 Å². The number of amides is 2. The summed E-state index contributed by atoms with van der Waals surface area (Å²) in [4.78, 5) is 151. The number of anilines is 4. The fraction of sp³-hybridized carbons (Fsp3) is 0.584. The number of aromatic nitrogens is 9. The molecule has 3 saturated heterocycles. The molecule has 1 saturated carbocycles. The van der Waals surface area contributed by atoms with Crippen LogP contribution in [0.15, 0.2) is 120 Å². The molecule has 2 amide bonds. The second-order valence-corrected chi connectivity index (χ2v) is 37.3. The van der Waals surface area contributed by atoms with Gasteiger partial charge in [-0.05, 0) is 167 Å². The number of nitrogens with zero attached hydrogens (tertiary/aromatic N) is 13. The molecule has 7 aromatic rings. The molecule has 740 valence electrons. The molecule has 0 unspecified atom stereocenters. The monoisotopic (exact) mass is 1890 g/mol. The quantitative estimate of drug-likeness (QED) is 0.0132. The molecule has 13 rings (SSSR count). The van der Waals surface area contributed by atoms with Gasteiger partial charge in [0.25, 0.3) is 23.6 Å². The van der Waals surface area contributed by atoms with E-state index in [1.165, 1.54) is 18.3 Å². The van der Waals surface area contributed by atoms with Gasteiger partial charge < -0.3 is 93.1 Å². The highest BCUT2D eigenvalue weighted by atomic mass is 16.6. The number of aryl methyl sites for hydroxylation is 1. The number of Topliss-reactive ketones (excluding diaryl/α,β-unsaturated/α-hetero) is 4. The number of rotatable bonds is 32. The molecule has 1 aliphatic carbocycles. The van der Waals surface area contributed by atoms with Crippen molar-refractivity contribution in [3.63, 3.8) is 0 Å². The predicted octanol–water partition coefficient (Wildman–Crippen LogP) is 10.4. The minimum Gasteiger partial charge on any atom is -0.460 e. The molecule has 137 heavy (non-hydrogen) atoms. The van der Waals surface area contributed by atoms with Gasteiger partial charge >= 0.3 is 11.9 Å². The zero-order chi connectivity index (χ0) is 97.4. The Morgan fingerprint density at radius 3 is 2.10 bits per heavy atom. The minimum absolute atomic E-state index is 0.0137. The van der Waals surface area contributed by atoms with Crippen LogP contribution in [0.3, 0.4) is 0 Å². The number of allylic oxidation sites excluding steroid dienone is 6. The lowest BCUT2D eigenvalue weighted by molar-refractivity contribution is -0.265. The topological polar surface area (TPSA) is 456 Å². The molecule has 0 radical (unpaired) electrons. The Kier molecular flexibility index (Phi) is 37.3. The summed E-state index contributed by atoms with van der Waals surface area (Å²) >= 11 is 0. The van der Waals surface area contributed by atoms with Gasteiger partial charge in [-0.1, -0.05) is 89.3 Å². The first-order valence-electron chi connectivity index (χ1n) is 48.2. The summed E-state index contributed by atoms with van der Waals surface area (Å²) in [5, 5.41) is 29.4. The van der Waals surface area contributed by atoms with Crippen molar-refractivity contribution in [2.75, 3.05) is 135 Å². The lowest BCUT2D eigenvalue weighted by Crippen LogP contribution is -2.61. The summed E-state index contributed by atoms with van der Waals surface area (Å²) in [6.45, 7) is 19.1. The molecular formula is C101H135N15O21. The summed E-state index contributed by atoms with van der Waals surface area (Å²) in [5.74, 6) is -7.64. The third-order valence-electron chi connectivity index (χ3n) is 27.3. The van der Waals surface area contributed by atoms with Crippen molar-refractivity contribution in [1.29, 1.82) is 0 Å². The molecule has 36 heteroatoms. The Morgan fingerprint density at radius 1 is 0.686 bits per heavy atom. The molecule has 6 N–H and O–H groups in total. The highest BCUT2D eigenvalue weighted by Gasteiger charge is 2.53. The number of aliphatic hydroxyl groups is 2. The van der Waals surface area contributed by atoms with Crippen LogP contribution in [-0.2, 0) is 107 Å². The van der Waals surface area contributed by atoms with Crippen molar-refractivity contribution in [3.8, 4) is 11.3 Å². The molecule has 6 aliphatic rings. The number of cyclic esters (lactones) is 1. The Morgan fingerprint density at radius 2 is 1.39 bits per heavy atom. The summed E-state index contributed by atoms with van der Waals surface area (Å²) in [7, 11) is 4.51. The van der Waals surface area contributed by atoms with Crippen LogP contribution < -0.4 is 21.3 Å². The van der Waals surface area contributed by atoms with E-state index in [-0.39, 0.29) is 92.3 Å². The van der Waals surface area contributed by atoms with E-state index < -0.39 is 95.9 Å². The van der Waals surface area contributed by atoms with Crippen LogP contribution in [0.4, 0.5) is 23.7 Å². The minimum atomic E-state index is -2.49. The lowest BCUT2D eigenvalue weighted by atomic mass is 9.78. The number of methoxy groups -OCH3 is 3. The summed E-state index contributed by atoms with van der Waals surface area (Å²) < 4.78 is 66.2. The highest BCUT2D eigenvalue weighted by Crippen LogP contribution is 2.40. The lowest BCUT2D eigenvalue weighted by Gasteiger charge is -2.42. The Balaban J connectivity index is 0.477. The van der Waals surface area contributed by atoms with E-state index in [0.717, 1.165) is 33.4 Å². The molecule has 5 aromatic heterocycles. The van der Waals surface area contributed by atoms with Gasteiger partial charge in [-0.15, -0.1) is 0 Å². The molecule has 10 heterocycles. The second kappa shape index (κ2) is 49.5. The average Bonchev–Trinajstić information content (AvgIpc) is 1.74. The van der Waals surface area contributed by atoms with Crippen LogP contribution >= 0.6 is 0 Å². The maximum atomic E-state index is 14.8. The number of fused-ring (bicyclic) bond motifs is 6. The van der Waals surface area contributed by atoms with Crippen LogP contribution in [0.25, 0.3) is 33.4 Å². The third kappa shape index (κ3) is 27.3. The number of carbonyl (C=O) groups excluding carboxylic acids is 8. The molecule has 4 fully saturated rings. The first-order valence-corrected chi connectivity index (χ1v) is 48.2. The smallest absolute Gasteiger partial charge is 0.329 e. The number of hydrogen-bond donors (Lipinski definition) is 4. The number of piperazine rings is 1. The number of carbonyl (C=O) groups is 8. The van der Waals surface area contributed by atoms with Crippen molar-refractivity contribution >= 4 is 92.7 Å². The molecular weight excluding hydrogens is 1760 g/mol. The first kappa shape index (κ1) is 103. The summed E-state index contributed by atoms with van der Waals surface area (Å²) in [5.41, 5.74) is 21.1. The van der Waals surface area contributed by atoms with Crippen molar-refractivity contribution in [2.45, 2.75) is 232 Å². The Hall–Kier alpha value is -11.1. The van der Waals surface area contributed by atoms with Gasteiger partial charge in [0.15, 0.2) is 17.0 Å². The number of aliphatic hydroxyl groups excluding tert-OH is 1. The zero-order valence-corrected chi connectivity index (χ0v) is 80.6. The average molecular weight is 1900 g/mol. The van der Waals surface area contributed by atoms with Crippen molar-refractivity contribution in [2.24, 2.45) is 35.5 Å². The van der Waals surface area contributed by atoms with E-state index in [1.807, 2.05) is 78.9 Å². The molecule has 2 aromatic carbocycles. The van der Waals surface area contributed by atoms with E-state index in [1.54, 1.807) is 78.8 Å². The van der Waals surface area contributed by atoms with Gasteiger partial charge in [0.2, 0.25) is 17.7 Å². The summed E-state index contributed by atoms with van der Waals surface area (Å²) in [6, 6.07) is 10.7. The van der Waals surface area contributed by atoms with E-state index in [4.69, 9.17) is 68.4 Å².